The molecule has 0 unspecified atom stereocenters. The highest BCUT2D eigenvalue weighted by Crippen LogP contribution is 2.32. The molecule has 0 saturated heterocycles. The number of nitrogens with two attached hydrogens (primary N) is 5. The summed E-state index contributed by atoms with van der Waals surface area (Å²) >= 11 is 0. The van der Waals surface area contributed by atoms with Crippen LogP contribution in [0.4, 0.5) is 61.9 Å². The third-order valence-electron chi connectivity index (χ3n) is 17.6. The Morgan fingerprint density at radius 2 is 0.691 bits per heavy atom. The lowest BCUT2D eigenvalue weighted by atomic mass is 10.2. The molecule has 36 heteroatoms. The molecule has 35 nitrogen and oxygen atoms in total. The first-order valence-corrected chi connectivity index (χ1v) is 36.8. The van der Waals surface area contributed by atoms with Crippen molar-refractivity contribution in [2.75, 3.05) is 76.6 Å². The SMILES string of the molecule is COc1ccc(OC)c(NC(=O)c2nc(-c3cccnc3)cnc2N)c1.COc1ccccc1NC(=O)c1nc(-c2cccnc2)cnc1N.Nc1ncc(-c2cccnc2)nc1C(=O)Nc1ccc2[nH]ccc2c1.Nc1ncc(-c2cccnc2)nc1C(=O)Nc1ccc2cc[nH]c2c1.Nc1ncc(-c2cccnc2)nc1C(=O)Nc1cccc(F)c1.[HH].[HH].[HH].[HH].[HH].[HH].[HH].[HH].[HH].[HH].[HH].[HH].[HH].[HH]. The Balaban J connectivity index is 0. The Morgan fingerprint density at radius 1 is 0.325 bits per heavy atom. The molecule has 638 valence electrons. The summed E-state index contributed by atoms with van der Waals surface area (Å²) in [4.78, 5) is 131. The monoisotopic (exact) mass is 1670 g/mol. The number of methoxy groups -OCH3 is 3. The third kappa shape index (κ3) is 21.4. The number of ether oxygens (including phenoxy) is 3. The van der Waals surface area contributed by atoms with E-state index in [2.05, 4.69) is 111 Å². The van der Waals surface area contributed by atoms with Crippen LogP contribution in [-0.4, -0.2) is 136 Å². The van der Waals surface area contributed by atoms with Crippen LogP contribution in [0.3, 0.4) is 0 Å². The normalized spacial score (nSPS) is 10.4. The number of benzene rings is 5. The number of amides is 5. The molecule has 0 aliphatic heterocycles. The summed E-state index contributed by atoms with van der Waals surface area (Å²) in [5.41, 5.74) is 40.0. The van der Waals surface area contributed by atoms with Crippen LogP contribution < -0.4 is 69.5 Å². The second-order valence-electron chi connectivity index (χ2n) is 25.8. The van der Waals surface area contributed by atoms with E-state index in [9.17, 15) is 28.4 Å². The van der Waals surface area contributed by atoms with Crippen molar-refractivity contribution in [2.45, 2.75) is 0 Å². The summed E-state index contributed by atoms with van der Waals surface area (Å²) in [5.74, 6) is -0.996. The van der Waals surface area contributed by atoms with Gasteiger partial charge in [-0.15, -0.1) is 0 Å². The van der Waals surface area contributed by atoms with E-state index in [4.69, 9.17) is 42.9 Å². The molecule has 12 heterocycles. The van der Waals surface area contributed by atoms with Crippen molar-refractivity contribution < 1.29 is 62.5 Å². The molecule has 17 aromatic rings. The van der Waals surface area contributed by atoms with Gasteiger partial charge in [0.05, 0.1) is 92.2 Å². The number of pyridine rings is 5. The Hall–Kier alpha value is -18.0. The Morgan fingerprint density at radius 3 is 1.09 bits per heavy atom. The van der Waals surface area contributed by atoms with Gasteiger partial charge in [0, 0.05) is 162 Å². The second-order valence-corrected chi connectivity index (χ2v) is 25.8. The maximum atomic E-state index is 13.2. The summed E-state index contributed by atoms with van der Waals surface area (Å²) in [6.07, 6.45) is 27.7. The number of hydrogen-bond donors (Lipinski definition) is 12. The van der Waals surface area contributed by atoms with Gasteiger partial charge in [-0.05, 0) is 151 Å². The molecule has 123 heavy (non-hydrogen) atoms. The van der Waals surface area contributed by atoms with Crippen molar-refractivity contribution in [3.63, 3.8) is 0 Å². The van der Waals surface area contributed by atoms with Crippen LogP contribution in [0, 0.1) is 5.82 Å². The van der Waals surface area contributed by atoms with E-state index in [1.807, 2.05) is 91.3 Å². The highest BCUT2D eigenvalue weighted by molar-refractivity contribution is 6.10. The maximum Gasteiger partial charge on any atom is 0.278 e. The van der Waals surface area contributed by atoms with Crippen molar-refractivity contribution in [2.24, 2.45) is 0 Å². The van der Waals surface area contributed by atoms with Gasteiger partial charge in [0.25, 0.3) is 29.5 Å². The predicted octanol–water partition coefficient (Wildman–Crippen LogP) is 16.4. The highest BCUT2D eigenvalue weighted by atomic mass is 19.1. The zero-order valence-corrected chi connectivity index (χ0v) is 65.3. The number of rotatable bonds is 18. The highest BCUT2D eigenvalue weighted by Gasteiger charge is 2.23. The number of nitrogens with zero attached hydrogens (tertiary/aromatic N) is 15. The summed E-state index contributed by atoms with van der Waals surface area (Å²) in [5, 5.41) is 15.7. The van der Waals surface area contributed by atoms with Gasteiger partial charge in [0.2, 0.25) is 0 Å². The molecule has 0 fully saturated rings. The fraction of sp³-hybridized carbons (Fsp3) is 0.0345. The number of H-pyrrole nitrogens is 2. The van der Waals surface area contributed by atoms with Crippen molar-refractivity contribution >= 4 is 109 Å². The number of nitrogen functional groups attached to an aromatic ring is 5. The van der Waals surface area contributed by atoms with Gasteiger partial charge < -0.3 is 79.4 Å². The van der Waals surface area contributed by atoms with Crippen LogP contribution in [0.1, 0.15) is 72.4 Å². The van der Waals surface area contributed by atoms with Crippen LogP contribution in [0.25, 0.3) is 78.1 Å². The van der Waals surface area contributed by atoms with E-state index in [0.717, 1.165) is 44.1 Å². The second kappa shape index (κ2) is 39.6. The van der Waals surface area contributed by atoms with Crippen LogP contribution in [0.2, 0.25) is 0 Å². The average molecular weight is 1670 g/mol. The third-order valence-corrected chi connectivity index (χ3v) is 17.6. The molecule has 5 amide bonds. The van der Waals surface area contributed by atoms with Gasteiger partial charge in [-0.3, -0.25) is 48.9 Å². The first kappa shape index (κ1) is 83.0. The van der Waals surface area contributed by atoms with Gasteiger partial charge in [-0.2, -0.15) is 0 Å². The smallest absolute Gasteiger partial charge is 0.278 e. The number of aromatic amines is 2. The molecule has 0 spiro atoms. The zero-order valence-electron chi connectivity index (χ0n) is 65.3. The Kier molecular flexibility index (Phi) is 26.7. The summed E-state index contributed by atoms with van der Waals surface area (Å²) in [7, 11) is 4.57. The van der Waals surface area contributed by atoms with E-state index in [1.54, 1.807) is 141 Å². The predicted molar refractivity (Wildman–Crippen MR) is 493 cm³/mol. The van der Waals surface area contributed by atoms with Crippen LogP contribution in [-0.2, 0) is 0 Å². The summed E-state index contributed by atoms with van der Waals surface area (Å²) < 4.78 is 28.8. The van der Waals surface area contributed by atoms with Crippen molar-refractivity contribution in [1.29, 1.82) is 0 Å². The van der Waals surface area contributed by atoms with Crippen LogP contribution in [0.5, 0.6) is 17.2 Å². The Bertz CT molecular complexity index is 6500. The topological polar surface area (TPSA) is 528 Å². The largest absolute Gasteiger partial charge is 0.497 e. The quantitative estimate of drug-likeness (QED) is 0.0379. The summed E-state index contributed by atoms with van der Waals surface area (Å²) in [6.45, 7) is 0. The van der Waals surface area contributed by atoms with E-state index < -0.39 is 35.4 Å². The number of carbonyl (C=O) groups is 5. The molecular formula is C87H100FN27O8. The number of anilines is 10. The van der Waals surface area contributed by atoms with E-state index in [0.29, 0.717) is 79.7 Å². The van der Waals surface area contributed by atoms with Crippen molar-refractivity contribution in [3.8, 4) is 73.5 Å². The molecule has 0 aliphatic carbocycles. The number of hydrogen-bond acceptors (Lipinski definition) is 28. The van der Waals surface area contributed by atoms with E-state index in [1.165, 1.54) is 70.5 Å². The first-order valence-electron chi connectivity index (χ1n) is 36.8. The molecule has 5 aromatic carbocycles. The van der Waals surface area contributed by atoms with Gasteiger partial charge in [0.15, 0.2) is 57.6 Å². The van der Waals surface area contributed by atoms with Crippen LogP contribution >= 0.6 is 0 Å². The van der Waals surface area contributed by atoms with Crippen LogP contribution in [0.15, 0.2) is 281 Å². The van der Waals surface area contributed by atoms with Gasteiger partial charge in [0.1, 0.15) is 23.1 Å². The molecular weight excluding hydrogens is 1570 g/mol. The molecule has 0 atom stereocenters. The van der Waals surface area contributed by atoms with Gasteiger partial charge in [-0.25, -0.2) is 54.2 Å². The van der Waals surface area contributed by atoms with E-state index in [-0.39, 0.29) is 77.5 Å². The number of aromatic nitrogens is 17. The van der Waals surface area contributed by atoms with Gasteiger partial charge >= 0.3 is 0 Å². The van der Waals surface area contributed by atoms with E-state index >= 15 is 0 Å². The van der Waals surface area contributed by atoms with Crippen molar-refractivity contribution in [1.82, 2.24) is 84.7 Å². The molecule has 17 rings (SSSR count). The number of nitrogens with one attached hydrogen (secondary N) is 7. The minimum absolute atomic E-state index is 0. The lowest BCUT2D eigenvalue weighted by Crippen LogP contribution is -2.17. The number of fused-ring (bicyclic) bond motifs is 2. The molecule has 0 saturated carbocycles. The fourth-order valence-corrected chi connectivity index (χ4v) is 11.5. The number of halogens is 1. The van der Waals surface area contributed by atoms with Gasteiger partial charge in [-0.1, -0.05) is 24.3 Å². The lowest BCUT2D eigenvalue weighted by molar-refractivity contribution is 0.101. The molecule has 0 bridgehead atoms. The first-order chi connectivity index (χ1) is 59.8. The number of para-hydroxylation sites is 2. The van der Waals surface area contributed by atoms with Crippen molar-refractivity contribution in [3.05, 3.63) is 316 Å². The average Bonchev–Trinajstić information content (AvgIpc) is 1.65. The molecule has 12 aromatic heterocycles. The Labute approximate surface area is 719 Å². The molecule has 0 aliphatic rings. The lowest BCUT2D eigenvalue weighted by Gasteiger charge is -2.12. The zero-order chi connectivity index (χ0) is 86.1. The molecule has 17 N–H and O–H groups in total. The fourth-order valence-electron chi connectivity index (χ4n) is 11.5. The maximum absolute atomic E-state index is 13.2. The molecule has 0 radical (unpaired) electrons. The standard InChI is InChI=1S/2C18H14N6O.C18H17N5O3.C17H15N5O2.C16H12FN5O.14H2/c19-17-16(24-15(10-22-17)12-2-1-6-20-9-12)18(25)23-13-3-4-14-11(8-13)5-7-21-14;19-17-16(24-15(10-22-17)12-2-1-6-20-9-12)18(25)23-13-4-3-11-5-7-21-14(11)8-13;1-25-12-5-6-15(26-2)13(8-12)23-18(24)16-17(19)21-10-14(22-16)11-4-3-7-20-9-11;1-24-14-7-3-2-6-12(14)22-17(23)15-16(18)20-10-13(21-15)11-5-4-8-19-9-11;17-11-4-1-5-12(7-11)21-16(23)14-15(18)20-9-13(22-14)10-3-2-6-19-8-10;;;;;;;;;;;;;;/h2*1-10,21H,(H2,19,22)(H,23,25);3-10H,1-2H3,(H2,19,21)(H,23,24);2-10H,1H3,(H2,18,20)(H,22,23);1-9H,(H2,18,20)(H,21,23);14*1H. The summed E-state index contributed by atoms with van der Waals surface area (Å²) in [6, 6.07) is 50.8. The number of carbonyl (C=O) groups excluding carboxylic acids is 5. The minimum Gasteiger partial charge on any atom is -0.497 e. The minimum atomic E-state index is -0.564.